The van der Waals surface area contributed by atoms with E-state index in [9.17, 15) is 0 Å². The van der Waals surface area contributed by atoms with Gasteiger partial charge in [0.2, 0.25) is 17.6 Å². The molecule has 4 rings (SSSR count). The van der Waals surface area contributed by atoms with Gasteiger partial charge in [-0.25, -0.2) is 4.98 Å². The van der Waals surface area contributed by atoms with Crippen LogP contribution in [0.2, 0.25) is 5.02 Å². The van der Waals surface area contributed by atoms with E-state index in [2.05, 4.69) is 32.2 Å². The highest BCUT2D eigenvalue weighted by Crippen LogP contribution is 2.33. The van der Waals surface area contributed by atoms with Gasteiger partial charge in [0, 0.05) is 36.5 Å². The summed E-state index contributed by atoms with van der Waals surface area (Å²) < 4.78 is 16.2. The van der Waals surface area contributed by atoms with Crippen LogP contribution in [-0.2, 0) is 11.3 Å². The number of likely N-dealkylation sites (tertiary alicyclic amines) is 1. The van der Waals surface area contributed by atoms with E-state index < -0.39 is 0 Å². The number of hydrogen-bond donors (Lipinski definition) is 0. The van der Waals surface area contributed by atoms with Gasteiger partial charge in [-0.3, -0.25) is 4.90 Å². The number of nitrogens with zero attached hydrogens (tertiary/aromatic N) is 4. The summed E-state index contributed by atoms with van der Waals surface area (Å²) in [6.07, 6.45) is 3.77. The largest absolute Gasteiger partial charge is 0.475 e. The van der Waals surface area contributed by atoms with Crippen molar-refractivity contribution in [1.29, 1.82) is 0 Å². The average molecular weight is 415 g/mol. The Morgan fingerprint density at radius 3 is 2.90 bits per heavy atom. The normalized spacial score (nSPS) is 17.0. The maximum absolute atomic E-state index is 5.99. The van der Waals surface area contributed by atoms with Crippen LogP contribution in [0, 0.1) is 0 Å². The van der Waals surface area contributed by atoms with E-state index in [-0.39, 0.29) is 6.04 Å². The summed E-state index contributed by atoms with van der Waals surface area (Å²) in [6.45, 7) is 2.76. The predicted molar refractivity (Wildman–Crippen MR) is 109 cm³/mol. The van der Waals surface area contributed by atoms with Crippen LogP contribution < -0.4 is 4.74 Å². The van der Waals surface area contributed by atoms with Gasteiger partial charge < -0.3 is 14.0 Å². The first kappa shape index (κ1) is 19.8. The second-order valence-electron chi connectivity index (χ2n) is 6.94. The van der Waals surface area contributed by atoms with E-state index in [1.54, 1.807) is 13.3 Å². The lowest BCUT2D eigenvalue weighted by Gasteiger charge is -2.21. The number of hydrogen-bond acceptors (Lipinski definition) is 7. The fourth-order valence-corrected chi connectivity index (χ4v) is 3.59. The van der Waals surface area contributed by atoms with E-state index in [0.29, 0.717) is 30.8 Å². The van der Waals surface area contributed by atoms with Crippen molar-refractivity contribution in [1.82, 2.24) is 20.0 Å². The summed E-state index contributed by atoms with van der Waals surface area (Å²) >= 11 is 5.99. The topological polar surface area (TPSA) is 73.5 Å². The van der Waals surface area contributed by atoms with Gasteiger partial charge >= 0.3 is 0 Å². The fraction of sp³-hybridized carbons (Fsp3) is 0.381. The van der Waals surface area contributed by atoms with Gasteiger partial charge in [-0.2, -0.15) is 4.98 Å². The molecule has 0 radical (unpaired) electrons. The number of benzene rings is 1. The van der Waals surface area contributed by atoms with Crippen LogP contribution in [-0.4, -0.2) is 46.9 Å². The van der Waals surface area contributed by atoms with Gasteiger partial charge in [-0.15, -0.1) is 0 Å². The van der Waals surface area contributed by atoms with E-state index >= 15 is 0 Å². The molecule has 0 amide bonds. The number of pyridine rings is 1. The Kier molecular flexibility index (Phi) is 6.39. The van der Waals surface area contributed by atoms with Gasteiger partial charge in [0.05, 0.1) is 12.6 Å². The number of rotatable bonds is 8. The molecule has 0 bridgehead atoms. The minimum Gasteiger partial charge on any atom is -0.475 e. The SMILES string of the molecule is COCCOc1cc(-c2noc([C@H]3CCCN3Cc3ccc(Cl)cc3)n2)ccn1. The van der Waals surface area contributed by atoms with E-state index in [1.165, 1.54) is 5.56 Å². The zero-order valence-electron chi connectivity index (χ0n) is 16.3. The minimum atomic E-state index is 0.117. The molecule has 3 heterocycles. The zero-order valence-corrected chi connectivity index (χ0v) is 17.0. The summed E-state index contributed by atoms with van der Waals surface area (Å²) in [5, 5.41) is 4.93. The summed E-state index contributed by atoms with van der Waals surface area (Å²) in [4.78, 5) is 11.2. The molecule has 1 fully saturated rings. The Morgan fingerprint density at radius 1 is 1.21 bits per heavy atom. The third kappa shape index (κ3) is 4.93. The highest BCUT2D eigenvalue weighted by Gasteiger charge is 2.30. The standard InChI is InChI=1S/C21H23ClN4O3/c1-27-11-12-28-19-13-16(8-9-23-19)20-24-21(29-25-20)18-3-2-10-26(18)14-15-4-6-17(22)7-5-15/h4-9,13,18H,2-3,10-12,14H2,1H3/t18-/m1/s1. The first-order valence-corrected chi connectivity index (χ1v) is 10.0. The first-order chi connectivity index (χ1) is 14.2. The molecule has 29 heavy (non-hydrogen) atoms. The van der Waals surface area contributed by atoms with Crippen molar-refractivity contribution < 1.29 is 14.0 Å². The molecule has 0 aliphatic carbocycles. The monoisotopic (exact) mass is 414 g/mol. The molecular weight excluding hydrogens is 392 g/mol. The van der Waals surface area contributed by atoms with Gasteiger partial charge in [-0.05, 0) is 43.1 Å². The molecule has 1 aliphatic heterocycles. The van der Waals surface area contributed by atoms with Crippen molar-refractivity contribution in [2.45, 2.75) is 25.4 Å². The van der Waals surface area contributed by atoms with Crippen LogP contribution in [0.3, 0.4) is 0 Å². The van der Waals surface area contributed by atoms with Crippen LogP contribution in [0.25, 0.3) is 11.4 Å². The predicted octanol–water partition coefficient (Wildman–Crippen LogP) is 4.15. The smallest absolute Gasteiger partial charge is 0.244 e. The highest BCUT2D eigenvalue weighted by molar-refractivity contribution is 6.30. The van der Waals surface area contributed by atoms with Crippen molar-refractivity contribution in [3.05, 3.63) is 59.1 Å². The molecule has 0 saturated carbocycles. The average Bonchev–Trinajstić information content (AvgIpc) is 3.40. The Balaban J connectivity index is 1.46. The number of aromatic nitrogens is 3. The molecule has 1 aromatic carbocycles. The van der Waals surface area contributed by atoms with Crippen molar-refractivity contribution in [2.24, 2.45) is 0 Å². The van der Waals surface area contributed by atoms with Crippen molar-refractivity contribution in [2.75, 3.05) is 26.9 Å². The highest BCUT2D eigenvalue weighted by atomic mass is 35.5. The van der Waals surface area contributed by atoms with Crippen molar-refractivity contribution in [3.8, 4) is 17.3 Å². The lowest BCUT2D eigenvalue weighted by atomic mass is 10.2. The summed E-state index contributed by atoms with van der Waals surface area (Å²) in [5.41, 5.74) is 2.03. The Labute approximate surface area is 174 Å². The zero-order chi connectivity index (χ0) is 20.1. The lowest BCUT2D eigenvalue weighted by molar-refractivity contribution is 0.144. The number of ether oxygens (including phenoxy) is 2. The van der Waals surface area contributed by atoms with Gasteiger partial charge in [0.25, 0.3) is 0 Å². The van der Waals surface area contributed by atoms with Crippen molar-refractivity contribution >= 4 is 11.6 Å². The molecule has 0 unspecified atom stereocenters. The van der Waals surface area contributed by atoms with Gasteiger partial charge in [-0.1, -0.05) is 28.9 Å². The third-order valence-electron chi connectivity index (χ3n) is 4.92. The fourth-order valence-electron chi connectivity index (χ4n) is 3.46. The van der Waals surface area contributed by atoms with Crippen LogP contribution in [0.1, 0.15) is 30.3 Å². The second-order valence-corrected chi connectivity index (χ2v) is 7.37. The first-order valence-electron chi connectivity index (χ1n) is 9.63. The molecule has 1 saturated heterocycles. The molecule has 8 heteroatoms. The molecule has 3 aromatic rings. The van der Waals surface area contributed by atoms with Crippen LogP contribution >= 0.6 is 11.6 Å². The molecular formula is C21H23ClN4O3. The van der Waals surface area contributed by atoms with E-state index in [1.807, 2.05) is 24.3 Å². The van der Waals surface area contributed by atoms with Crippen LogP contribution in [0.5, 0.6) is 5.88 Å². The van der Waals surface area contributed by atoms with E-state index in [4.69, 9.17) is 25.6 Å². The summed E-state index contributed by atoms with van der Waals surface area (Å²) in [6, 6.07) is 11.7. The summed E-state index contributed by atoms with van der Waals surface area (Å²) in [5.74, 6) is 1.69. The molecule has 0 N–H and O–H groups in total. The van der Waals surface area contributed by atoms with Gasteiger partial charge in [0.1, 0.15) is 6.61 Å². The quantitative estimate of drug-likeness (QED) is 0.512. The van der Waals surface area contributed by atoms with Crippen molar-refractivity contribution in [3.63, 3.8) is 0 Å². The summed E-state index contributed by atoms with van der Waals surface area (Å²) in [7, 11) is 1.63. The molecule has 1 aliphatic rings. The molecule has 7 nitrogen and oxygen atoms in total. The van der Waals surface area contributed by atoms with Gasteiger partial charge in [0.15, 0.2) is 0 Å². The Morgan fingerprint density at radius 2 is 2.07 bits per heavy atom. The van der Waals surface area contributed by atoms with Crippen LogP contribution in [0.4, 0.5) is 0 Å². The number of halogens is 1. The minimum absolute atomic E-state index is 0.117. The maximum Gasteiger partial charge on any atom is 0.244 e. The van der Waals surface area contributed by atoms with Crippen LogP contribution in [0.15, 0.2) is 47.1 Å². The molecule has 1 atom stereocenters. The second kappa shape index (κ2) is 9.35. The Hall–Kier alpha value is -2.48. The third-order valence-corrected chi connectivity index (χ3v) is 5.17. The number of methoxy groups -OCH3 is 1. The molecule has 152 valence electrons. The van der Waals surface area contributed by atoms with E-state index in [0.717, 1.165) is 36.5 Å². The molecule has 0 spiro atoms. The molecule has 2 aromatic heterocycles. The maximum atomic E-state index is 5.99. The Bertz CT molecular complexity index is 932. The lowest BCUT2D eigenvalue weighted by Crippen LogP contribution is -2.23.